The van der Waals surface area contributed by atoms with Crippen molar-refractivity contribution in [2.75, 3.05) is 0 Å². The predicted octanol–water partition coefficient (Wildman–Crippen LogP) is 2.85. The molecule has 0 saturated heterocycles. The first-order chi connectivity index (χ1) is 10.2. The number of primary amides is 1. The first-order valence-electron chi connectivity index (χ1n) is 6.66. The average Bonchev–Trinajstić information content (AvgIpc) is 2.87. The molecule has 0 spiro atoms. The van der Waals surface area contributed by atoms with Gasteiger partial charge in [0, 0.05) is 18.2 Å². The summed E-state index contributed by atoms with van der Waals surface area (Å²) in [6, 6.07) is 19.6. The summed E-state index contributed by atoms with van der Waals surface area (Å²) in [6.45, 7) is 0. The number of rotatable bonds is 3. The lowest BCUT2D eigenvalue weighted by atomic mass is 10.1. The number of carbonyl (C=O) groups excluding carboxylic acids is 1. The van der Waals surface area contributed by atoms with Crippen molar-refractivity contribution in [3.63, 3.8) is 0 Å². The molecule has 1 amide bonds. The van der Waals surface area contributed by atoms with Gasteiger partial charge < -0.3 is 10.3 Å². The molecule has 3 aromatic rings. The highest BCUT2D eigenvalue weighted by atomic mass is 16.1. The van der Waals surface area contributed by atoms with Crippen LogP contribution in [0, 0.1) is 0 Å². The number of carbonyl (C=O) groups is 1. The standard InChI is InChI=1S/C17H15N3O/c1-20-15(13-10-6-3-7-11-13)14(19-17(20)16(18)21)12-8-4-2-5-9-12/h2-11H,1H3,(H2,18,21). The largest absolute Gasteiger partial charge is 0.363 e. The van der Waals surface area contributed by atoms with Gasteiger partial charge in [-0.05, 0) is 0 Å². The van der Waals surface area contributed by atoms with Crippen molar-refractivity contribution in [1.82, 2.24) is 9.55 Å². The zero-order valence-corrected chi connectivity index (χ0v) is 11.7. The van der Waals surface area contributed by atoms with E-state index in [1.165, 1.54) is 0 Å². The lowest BCUT2D eigenvalue weighted by Gasteiger charge is -2.07. The van der Waals surface area contributed by atoms with Crippen molar-refractivity contribution in [2.45, 2.75) is 0 Å². The van der Waals surface area contributed by atoms with Crippen LogP contribution in [0.5, 0.6) is 0 Å². The molecule has 1 heterocycles. The normalized spacial score (nSPS) is 10.5. The summed E-state index contributed by atoms with van der Waals surface area (Å²) in [4.78, 5) is 16.0. The zero-order chi connectivity index (χ0) is 14.8. The summed E-state index contributed by atoms with van der Waals surface area (Å²) < 4.78 is 1.75. The van der Waals surface area contributed by atoms with Crippen molar-refractivity contribution in [3.05, 3.63) is 66.5 Å². The average molecular weight is 277 g/mol. The Morgan fingerprint density at radius 2 is 1.48 bits per heavy atom. The molecule has 2 N–H and O–H groups in total. The SMILES string of the molecule is Cn1c(C(N)=O)nc(-c2ccccc2)c1-c1ccccc1. The highest BCUT2D eigenvalue weighted by Gasteiger charge is 2.20. The molecular weight excluding hydrogens is 262 g/mol. The lowest BCUT2D eigenvalue weighted by Crippen LogP contribution is -2.16. The van der Waals surface area contributed by atoms with Gasteiger partial charge in [-0.1, -0.05) is 60.7 Å². The van der Waals surface area contributed by atoms with Crippen LogP contribution in [0.4, 0.5) is 0 Å². The quantitative estimate of drug-likeness (QED) is 0.800. The molecule has 0 aliphatic heterocycles. The van der Waals surface area contributed by atoms with E-state index in [1.54, 1.807) is 4.57 Å². The highest BCUT2D eigenvalue weighted by molar-refractivity contribution is 5.93. The third-order valence-corrected chi connectivity index (χ3v) is 3.41. The number of nitrogens with two attached hydrogens (primary N) is 1. The summed E-state index contributed by atoms with van der Waals surface area (Å²) in [5, 5.41) is 0. The Balaban J connectivity index is 2.29. The van der Waals surface area contributed by atoms with Gasteiger partial charge in [0.2, 0.25) is 0 Å². The van der Waals surface area contributed by atoms with E-state index in [0.29, 0.717) is 0 Å². The van der Waals surface area contributed by atoms with E-state index in [9.17, 15) is 4.79 Å². The van der Waals surface area contributed by atoms with Crippen LogP contribution in [-0.4, -0.2) is 15.5 Å². The van der Waals surface area contributed by atoms with Gasteiger partial charge in [-0.25, -0.2) is 4.98 Å². The second kappa shape index (κ2) is 5.25. The minimum atomic E-state index is -0.531. The Hall–Kier alpha value is -2.88. The minimum Gasteiger partial charge on any atom is -0.363 e. The minimum absolute atomic E-state index is 0.257. The van der Waals surface area contributed by atoms with E-state index >= 15 is 0 Å². The number of hydrogen-bond donors (Lipinski definition) is 1. The summed E-state index contributed by atoms with van der Waals surface area (Å²) in [7, 11) is 1.81. The van der Waals surface area contributed by atoms with Crippen LogP contribution in [-0.2, 0) is 7.05 Å². The van der Waals surface area contributed by atoms with E-state index < -0.39 is 5.91 Å². The molecule has 0 saturated carbocycles. The third-order valence-electron chi connectivity index (χ3n) is 3.41. The van der Waals surface area contributed by atoms with Gasteiger partial charge in [0.25, 0.3) is 5.91 Å². The molecule has 2 aromatic carbocycles. The first kappa shape index (κ1) is 13.1. The second-order valence-corrected chi connectivity index (χ2v) is 4.79. The Morgan fingerprint density at radius 3 is 2.00 bits per heavy atom. The Morgan fingerprint density at radius 1 is 0.952 bits per heavy atom. The van der Waals surface area contributed by atoms with E-state index in [1.807, 2.05) is 67.7 Å². The smallest absolute Gasteiger partial charge is 0.284 e. The molecule has 0 radical (unpaired) electrons. The van der Waals surface area contributed by atoms with E-state index in [-0.39, 0.29) is 5.82 Å². The maximum atomic E-state index is 11.6. The fraction of sp³-hybridized carbons (Fsp3) is 0.0588. The topological polar surface area (TPSA) is 60.9 Å². The number of hydrogen-bond acceptors (Lipinski definition) is 2. The molecule has 4 heteroatoms. The van der Waals surface area contributed by atoms with E-state index in [4.69, 9.17) is 5.73 Å². The van der Waals surface area contributed by atoms with Crippen LogP contribution in [0.25, 0.3) is 22.5 Å². The van der Waals surface area contributed by atoms with Crippen molar-refractivity contribution < 1.29 is 4.79 Å². The number of aromatic nitrogens is 2. The number of amides is 1. The molecule has 0 bridgehead atoms. The summed E-state index contributed by atoms with van der Waals surface area (Å²) in [5.41, 5.74) is 9.03. The van der Waals surface area contributed by atoms with Crippen LogP contribution < -0.4 is 5.73 Å². The molecule has 0 atom stereocenters. The zero-order valence-electron chi connectivity index (χ0n) is 11.7. The van der Waals surface area contributed by atoms with Crippen molar-refractivity contribution in [2.24, 2.45) is 12.8 Å². The summed E-state index contributed by atoms with van der Waals surface area (Å²) >= 11 is 0. The van der Waals surface area contributed by atoms with Crippen LogP contribution in [0.2, 0.25) is 0 Å². The molecule has 0 unspecified atom stereocenters. The van der Waals surface area contributed by atoms with Gasteiger partial charge >= 0.3 is 0 Å². The monoisotopic (exact) mass is 277 g/mol. The van der Waals surface area contributed by atoms with Crippen LogP contribution in [0.3, 0.4) is 0 Å². The van der Waals surface area contributed by atoms with Crippen LogP contribution in [0.15, 0.2) is 60.7 Å². The molecule has 0 aliphatic carbocycles. The Bertz CT molecular complexity index is 777. The molecule has 21 heavy (non-hydrogen) atoms. The van der Waals surface area contributed by atoms with Gasteiger partial charge in [-0.15, -0.1) is 0 Å². The number of imidazole rings is 1. The molecule has 0 aliphatic rings. The molecule has 4 nitrogen and oxygen atoms in total. The third kappa shape index (κ3) is 2.31. The lowest BCUT2D eigenvalue weighted by molar-refractivity contribution is 0.0987. The van der Waals surface area contributed by atoms with Gasteiger partial charge in [-0.3, -0.25) is 4.79 Å². The van der Waals surface area contributed by atoms with Gasteiger partial charge in [-0.2, -0.15) is 0 Å². The predicted molar refractivity (Wildman–Crippen MR) is 82.6 cm³/mol. The Labute approximate surface area is 122 Å². The fourth-order valence-corrected chi connectivity index (χ4v) is 2.44. The fourth-order valence-electron chi connectivity index (χ4n) is 2.44. The van der Waals surface area contributed by atoms with E-state index in [2.05, 4.69) is 4.98 Å². The first-order valence-corrected chi connectivity index (χ1v) is 6.66. The molecular formula is C17H15N3O. The molecule has 1 aromatic heterocycles. The van der Waals surface area contributed by atoms with Crippen molar-refractivity contribution in [1.29, 1.82) is 0 Å². The highest BCUT2D eigenvalue weighted by Crippen LogP contribution is 2.31. The maximum Gasteiger partial charge on any atom is 0.284 e. The number of benzene rings is 2. The maximum absolute atomic E-state index is 11.6. The van der Waals surface area contributed by atoms with E-state index in [0.717, 1.165) is 22.5 Å². The molecule has 3 rings (SSSR count). The van der Waals surface area contributed by atoms with Crippen LogP contribution in [0.1, 0.15) is 10.6 Å². The van der Waals surface area contributed by atoms with Crippen molar-refractivity contribution in [3.8, 4) is 22.5 Å². The van der Waals surface area contributed by atoms with Crippen molar-refractivity contribution >= 4 is 5.91 Å². The summed E-state index contributed by atoms with van der Waals surface area (Å²) in [5.74, 6) is -0.274. The van der Waals surface area contributed by atoms with Gasteiger partial charge in [0.1, 0.15) is 0 Å². The van der Waals surface area contributed by atoms with Gasteiger partial charge in [0.05, 0.1) is 11.4 Å². The number of nitrogens with zero attached hydrogens (tertiary/aromatic N) is 2. The second-order valence-electron chi connectivity index (χ2n) is 4.79. The Kier molecular flexibility index (Phi) is 3.28. The molecule has 0 fully saturated rings. The molecule has 104 valence electrons. The summed E-state index contributed by atoms with van der Waals surface area (Å²) in [6.07, 6.45) is 0. The van der Waals surface area contributed by atoms with Crippen LogP contribution >= 0.6 is 0 Å². The van der Waals surface area contributed by atoms with Gasteiger partial charge in [0.15, 0.2) is 5.82 Å².